The molecule has 0 saturated heterocycles. The summed E-state index contributed by atoms with van der Waals surface area (Å²) in [4.78, 5) is 11.7. The summed E-state index contributed by atoms with van der Waals surface area (Å²) in [6.07, 6.45) is 0.411. The second-order valence-corrected chi connectivity index (χ2v) is 4.53. The summed E-state index contributed by atoms with van der Waals surface area (Å²) in [5.41, 5.74) is 0.539. The van der Waals surface area contributed by atoms with E-state index in [2.05, 4.69) is 10.6 Å². The molecule has 1 aromatic rings. The number of hydrogen-bond donors (Lipinski definition) is 2. The summed E-state index contributed by atoms with van der Waals surface area (Å²) in [6, 6.07) is 3.38. The molecule has 1 aromatic carbocycles. The van der Waals surface area contributed by atoms with Crippen molar-refractivity contribution >= 4 is 5.91 Å². The smallest absolute Gasteiger partial charge is 0.224 e. The second kappa shape index (κ2) is 7.84. The second-order valence-electron chi connectivity index (χ2n) is 4.53. The Hall–Kier alpha value is -1.49. The Kier molecular flexibility index (Phi) is 6.42. The highest BCUT2D eigenvalue weighted by Gasteiger charge is 2.11. The van der Waals surface area contributed by atoms with Crippen LogP contribution in [0.4, 0.5) is 8.78 Å². The van der Waals surface area contributed by atoms with Crippen molar-refractivity contribution in [2.45, 2.75) is 20.3 Å². The molecule has 2 N–H and O–H groups in total. The van der Waals surface area contributed by atoms with Gasteiger partial charge in [0.15, 0.2) is 0 Å². The molecule has 0 aliphatic carbocycles. The van der Waals surface area contributed by atoms with Crippen molar-refractivity contribution in [3.8, 4) is 0 Å². The zero-order valence-electron chi connectivity index (χ0n) is 11.3. The molecule has 1 atom stereocenters. The number of halogens is 2. The van der Waals surface area contributed by atoms with Crippen LogP contribution in [-0.2, 0) is 11.2 Å². The summed E-state index contributed by atoms with van der Waals surface area (Å²) in [7, 11) is 0. The van der Waals surface area contributed by atoms with E-state index in [1.165, 1.54) is 12.1 Å². The average Bonchev–Trinajstić information content (AvgIpc) is 2.34. The van der Waals surface area contributed by atoms with Gasteiger partial charge in [-0.2, -0.15) is 0 Å². The molecule has 0 saturated carbocycles. The Morgan fingerprint density at radius 1 is 1.26 bits per heavy atom. The van der Waals surface area contributed by atoms with Gasteiger partial charge in [0.1, 0.15) is 11.6 Å². The first-order chi connectivity index (χ1) is 9.02. The third-order valence-corrected chi connectivity index (χ3v) is 2.78. The van der Waals surface area contributed by atoms with Crippen molar-refractivity contribution in [3.63, 3.8) is 0 Å². The van der Waals surface area contributed by atoms with Crippen LogP contribution < -0.4 is 10.6 Å². The number of rotatable bonds is 7. The van der Waals surface area contributed by atoms with Gasteiger partial charge in [-0.05, 0) is 30.7 Å². The predicted octanol–water partition coefficient (Wildman–Crippen LogP) is 1.87. The normalized spacial score (nSPS) is 12.2. The van der Waals surface area contributed by atoms with Gasteiger partial charge in [-0.1, -0.05) is 13.8 Å². The van der Waals surface area contributed by atoms with E-state index in [9.17, 15) is 13.6 Å². The molecule has 1 amide bonds. The quantitative estimate of drug-likeness (QED) is 0.794. The zero-order chi connectivity index (χ0) is 14.3. The number of carbonyl (C=O) groups excluding carboxylic acids is 1. The molecular weight excluding hydrogens is 250 g/mol. The van der Waals surface area contributed by atoms with Gasteiger partial charge < -0.3 is 10.6 Å². The van der Waals surface area contributed by atoms with Crippen molar-refractivity contribution in [2.75, 3.05) is 19.6 Å². The van der Waals surface area contributed by atoms with Crippen molar-refractivity contribution in [2.24, 2.45) is 5.92 Å². The predicted molar refractivity (Wildman–Crippen MR) is 70.8 cm³/mol. The van der Waals surface area contributed by atoms with E-state index in [-0.39, 0.29) is 11.8 Å². The zero-order valence-corrected chi connectivity index (χ0v) is 11.3. The van der Waals surface area contributed by atoms with Crippen LogP contribution in [-0.4, -0.2) is 25.5 Å². The monoisotopic (exact) mass is 270 g/mol. The molecule has 0 radical (unpaired) electrons. The van der Waals surface area contributed by atoms with Crippen LogP contribution in [0.2, 0.25) is 0 Å². The number of benzene rings is 1. The molecule has 0 aromatic heterocycles. The SMILES string of the molecule is CCNCC(C)C(=O)NCCc1cc(F)cc(F)c1. The Morgan fingerprint density at radius 3 is 2.47 bits per heavy atom. The van der Waals surface area contributed by atoms with E-state index in [4.69, 9.17) is 0 Å². The standard InChI is InChI=1S/C14H20F2N2O/c1-3-17-9-10(2)14(19)18-5-4-11-6-12(15)8-13(16)7-11/h6-8,10,17H,3-5,9H2,1-2H3,(H,18,19). The molecule has 106 valence electrons. The summed E-state index contributed by atoms with van der Waals surface area (Å²) in [5, 5.41) is 5.85. The topological polar surface area (TPSA) is 41.1 Å². The molecule has 0 aliphatic rings. The Morgan fingerprint density at radius 2 is 1.89 bits per heavy atom. The van der Waals surface area contributed by atoms with E-state index in [0.29, 0.717) is 25.1 Å². The Bertz CT molecular complexity index is 404. The lowest BCUT2D eigenvalue weighted by Crippen LogP contribution is -2.36. The third-order valence-electron chi connectivity index (χ3n) is 2.78. The Labute approximate surface area is 112 Å². The number of hydrogen-bond acceptors (Lipinski definition) is 2. The summed E-state index contributed by atoms with van der Waals surface area (Å²) in [5.74, 6) is -1.37. The van der Waals surface area contributed by atoms with E-state index < -0.39 is 11.6 Å². The summed E-state index contributed by atoms with van der Waals surface area (Å²) >= 11 is 0. The molecule has 0 fully saturated rings. The molecule has 19 heavy (non-hydrogen) atoms. The molecule has 0 bridgehead atoms. The highest BCUT2D eigenvalue weighted by molar-refractivity contribution is 5.78. The lowest BCUT2D eigenvalue weighted by Gasteiger charge is -2.12. The van der Waals surface area contributed by atoms with Crippen molar-refractivity contribution < 1.29 is 13.6 Å². The lowest BCUT2D eigenvalue weighted by atomic mass is 10.1. The van der Waals surface area contributed by atoms with Gasteiger partial charge in [0.25, 0.3) is 0 Å². The maximum absolute atomic E-state index is 12.9. The van der Waals surface area contributed by atoms with Crippen molar-refractivity contribution in [1.82, 2.24) is 10.6 Å². The fourth-order valence-electron chi connectivity index (χ4n) is 1.71. The van der Waals surface area contributed by atoms with Crippen LogP contribution >= 0.6 is 0 Å². The molecule has 3 nitrogen and oxygen atoms in total. The van der Waals surface area contributed by atoms with Gasteiger partial charge in [0.05, 0.1) is 0 Å². The van der Waals surface area contributed by atoms with Crippen LogP contribution in [0.5, 0.6) is 0 Å². The van der Waals surface area contributed by atoms with Gasteiger partial charge in [0.2, 0.25) is 5.91 Å². The van der Waals surface area contributed by atoms with Gasteiger partial charge in [-0.3, -0.25) is 4.79 Å². The highest BCUT2D eigenvalue weighted by atomic mass is 19.1. The molecule has 0 spiro atoms. The van der Waals surface area contributed by atoms with Gasteiger partial charge in [0, 0.05) is 25.1 Å². The number of nitrogens with one attached hydrogen (secondary N) is 2. The molecule has 5 heteroatoms. The van der Waals surface area contributed by atoms with E-state index in [1.54, 1.807) is 0 Å². The minimum atomic E-state index is -0.596. The molecule has 0 heterocycles. The van der Waals surface area contributed by atoms with Crippen LogP contribution in [0, 0.1) is 17.6 Å². The minimum Gasteiger partial charge on any atom is -0.355 e. The van der Waals surface area contributed by atoms with E-state index in [1.807, 2.05) is 13.8 Å². The Balaban J connectivity index is 2.35. The van der Waals surface area contributed by atoms with E-state index in [0.717, 1.165) is 12.6 Å². The van der Waals surface area contributed by atoms with Crippen molar-refractivity contribution in [1.29, 1.82) is 0 Å². The van der Waals surface area contributed by atoms with Gasteiger partial charge in [-0.15, -0.1) is 0 Å². The summed E-state index contributed by atoms with van der Waals surface area (Å²) in [6.45, 7) is 5.62. The minimum absolute atomic E-state index is 0.0576. The maximum Gasteiger partial charge on any atom is 0.224 e. The highest BCUT2D eigenvalue weighted by Crippen LogP contribution is 2.08. The first-order valence-corrected chi connectivity index (χ1v) is 6.46. The number of carbonyl (C=O) groups is 1. The fraction of sp³-hybridized carbons (Fsp3) is 0.500. The van der Waals surface area contributed by atoms with E-state index >= 15 is 0 Å². The maximum atomic E-state index is 12.9. The largest absolute Gasteiger partial charge is 0.355 e. The first kappa shape index (κ1) is 15.6. The van der Waals surface area contributed by atoms with Crippen LogP contribution in [0.1, 0.15) is 19.4 Å². The third kappa shape index (κ3) is 5.79. The first-order valence-electron chi connectivity index (χ1n) is 6.46. The summed E-state index contributed by atoms with van der Waals surface area (Å²) < 4.78 is 25.9. The molecule has 1 unspecified atom stereocenters. The molecule has 0 aliphatic heterocycles. The van der Waals surface area contributed by atoms with Crippen LogP contribution in [0.15, 0.2) is 18.2 Å². The molecule has 1 rings (SSSR count). The van der Waals surface area contributed by atoms with Crippen molar-refractivity contribution in [3.05, 3.63) is 35.4 Å². The molecular formula is C14H20F2N2O. The van der Waals surface area contributed by atoms with Gasteiger partial charge in [-0.25, -0.2) is 8.78 Å². The number of amides is 1. The van der Waals surface area contributed by atoms with Crippen LogP contribution in [0.3, 0.4) is 0 Å². The van der Waals surface area contributed by atoms with Gasteiger partial charge >= 0.3 is 0 Å². The average molecular weight is 270 g/mol. The fourth-order valence-corrected chi connectivity index (χ4v) is 1.71. The van der Waals surface area contributed by atoms with Crippen LogP contribution in [0.25, 0.3) is 0 Å². The lowest BCUT2D eigenvalue weighted by molar-refractivity contribution is -0.124.